The Hall–Kier alpha value is -14.4. The number of fused-ring (bicyclic) bond motifs is 10. The van der Waals surface area contributed by atoms with E-state index in [4.69, 9.17) is 41.7 Å². The summed E-state index contributed by atoms with van der Waals surface area (Å²) in [5.41, 5.74) is -4.46. The van der Waals surface area contributed by atoms with Crippen LogP contribution in [0, 0.1) is 0 Å². The molecule has 0 atom stereocenters. The van der Waals surface area contributed by atoms with Crippen molar-refractivity contribution in [2.24, 2.45) is 0 Å². The van der Waals surface area contributed by atoms with E-state index in [-0.39, 0.29) is 97.7 Å². The van der Waals surface area contributed by atoms with E-state index in [0.29, 0.717) is 22.3 Å². The highest BCUT2D eigenvalue weighted by atomic mass is 16.3. The molecule has 0 aliphatic rings. The van der Waals surface area contributed by atoms with Crippen LogP contribution < -0.4 is 0 Å². The molecule has 0 unspecified atom stereocenters. The molecule has 2 heterocycles. The molecule has 0 radical (unpaired) electrons. The Morgan fingerprint density at radius 3 is 1.15 bits per heavy atom. The fourth-order valence-corrected chi connectivity index (χ4v) is 15.9. The van der Waals surface area contributed by atoms with Crippen LogP contribution in [0.2, 0.25) is 0 Å². The molecule has 0 aliphatic carbocycles. The lowest BCUT2D eigenvalue weighted by Gasteiger charge is -2.19. The predicted octanol–water partition coefficient (Wildman–Crippen LogP) is 31.1. The molecule has 26 aromatic rings. The number of furan rings is 2. The molecule has 24 aromatic carbocycles. The second-order valence-corrected chi connectivity index (χ2v) is 26.5. The van der Waals surface area contributed by atoms with Gasteiger partial charge in [-0.1, -0.05) is 314 Å². The van der Waals surface area contributed by atoms with Gasteiger partial charge in [0.25, 0.3) is 0 Å². The first-order chi connectivity index (χ1) is 74.6. The van der Waals surface area contributed by atoms with Gasteiger partial charge in [0.05, 0.1) is 65.8 Å². The van der Waals surface area contributed by atoms with Gasteiger partial charge in [0, 0.05) is 21.5 Å². The number of hydrogen-bond acceptors (Lipinski definition) is 2. The summed E-state index contributed by atoms with van der Waals surface area (Å²) in [6.07, 6.45) is 0. The van der Waals surface area contributed by atoms with Crippen LogP contribution in [0.4, 0.5) is 0 Å². The molecule has 26 rings (SSSR count). The molecule has 2 aromatic heterocycles. The standard InChI is InChI=1S/2C54H30O/c2*1-2-10-42-31(5-1)20-28-49-54(42)47-30-39(21-27-48(47)55-49)41-23-19-38(40-22-15-36-13-11-32-6-3-8-34-17-25-44(40)52(36)50(32)34)29-46(41)43-24-16-37-14-12-33-7-4-9-35-18-26-45(43)53(37)51(33)35/h2*1-30H/i1D,2D,3D,4D,5D,6D,7D,8D,9D,10D,11D,12D,13D,14D,15D,16D,17D,18D,19D,20D,21D,22D,23D,24D,25D,26D,27D,28D,29D,30D;3D,4D,6D,7D,8D,9D,11D,12D,13D,14D,15D,16D,17D,18D,22D,24D,25D,26D. The topological polar surface area (TPSA) is 26.3 Å². The fraction of sp³-hybridized carbons (Fsp3) is 0. The molecule has 110 heavy (non-hydrogen) atoms. The van der Waals surface area contributed by atoms with Crippen LogP contribution in [0.3, 0.4) is 0 Å². The van der Waals surface area contributed by atoms with E-state index in [9.17, 15) is 32.9 Å². The highest BCUT2D eigenvalue weighted by Gasteiger charge is 2.24. The van der Waals surface area contributed by atoms with Gasteiger partial charge in [-0.3, -0.25) is 0 Å². The Morgan fingerprint density at radius 1 is 0.164 bits per heavy atom. The second kappa shape index (κ2) is 22.6. The van der Waals surface area contributed by atoms with Crippen molar-refractivity contribution in [2.45, 2.75) is 0 Å². The average Bonchev–Trinajstić information content (AvgIpc) is 0.737. The first kappa shape index (κ1) is 30.4. The van der Waals surface area contributed by atoms with E-state index in [1.165, 1.54) is 0 Å². The minimum atomic E-state index is -1.18. The molecule has 0 saturated heterocycles. The van der Waals surface area contributed by atoms with Crippen LogP contribution >= 0.6 is 0 Å². The van der Waals surface area contributed by atoms with Crippen LogP contribution in [-0.2, 0) is 0 Å². The minimum Gasteiger partial charge on any atom is -0.456 e. The molecule has 0 bridgehead atoms. The monoisotopic (exact) mass is 1440 g/mol. The van der Waals surface area contributed by atoms with Gasteiger partial charge in [0.1, 0.15) is 22.3 Å². The quantitative estimate of drug-likeness (QED) is 0.155. The maximum Gasteiger partial charge on any atom is 0.136 e. The van der Waals surface area contributed by atoms with E-state index in [1.807, 2.05) is 42.5 Å². The normalized spacial score (nSPS) is 18.5. The molecule has 0 aliphatic heterocycles. The lowest BCUT2D eigenvalue weighted by atomic mass is 9.84. The lowest BCUT2D eigenvalue weighted by Crippen LogP contribution is -1.92. The summed E-state index contributed by atoms with van der Waals surface area (Å²) in [7, 11) is 0. The van der Waals surface area contributed by atoms with Crippen molar-refractivity contribution >= 4 is 195 Å². The largest absolute Gasteiger partial charge is 0.456 e. The zero-order valence-corrected chi connectivity index (χ0v) is 55.7. The number of rotatable bonds is 6. The Balaban J connectivity index is 0.000000163. The molecule has 0 N–H and O–H groups in total. The third-order valence-electron chi connectivity index (χ3n) is 20.8. The van der Waals surface area contributed by atoms with Crippen LogP contribution in [0.5, 0.6) is 0 Å². The van der Waals surface area contributed by atoms with E-state index < -0.39 is 410 Å². The molecule has 2 heteroatoms. The number of benzene rings is 24. The Labute approximate surface area is 697 Å². The van der Waals surface area contributed by atoms with Gasteiger partial charge >= 0.3 is 0 Å². The molecule has 0 spiro atoms. The molecule has 2 nitrogen and oxygen atoms in total. The highest BCUT2D eigenvalue weighted by Crippen LogP contribution is 2.51. The zero-order chi connectivity index (χ0) is 113. The van der Waals surface area contributed by atoms with Crippen molar-refractivity contribution < 1.29 is 74.6 Å². The third-order valence-corrected chi connectivity index (χ3v) is 20.8. The molecule has 0 amide bonds. The van der Waals surface area contributed by atoms with Crippen molar-refractivity contribution in [1.82, 2.24) is 0 Å². The lowest BCUT2D eigenvalue weighted by molar-refractivity contribution is 0.669. The first-order valence-corrected chi connectivity index (χ1v) is 34.3. The maximum atomic E-state index is 10.5. The Morgan fingerprint density at radius 2 is 0.564 bits per heavy atom. The molecular weight excluding hydrogens is 1330 g/mol. The van der Waals surface area contributed by atoms with Gasteiger partial charge in [-0.25, -0.2) is 0 Å². The van der Waals surface area contributed by atoms with Crippen LogP contribution in [0.1, 0.15) is 65.8 Å². The van der Waals surface area contributed by atoms with Gasteiger partial charge in [-0.15, -0.1) is 0 Å². The number of hydrogen-bond donors (Lipinski definition) is 0. The summed E-state index contributed by atoms with van der Waals surface area (Å²) in [6.45, 7) is 0. The SMILES string of the molecule is [2H]c1c([2H])c(-c2c([2H])c([2H])c3oc4c([2H])c([2H])c5c([2H])c([2H])c([2H])c([2H])c5c4c3c2[2H])c(-c2c([2H])c([2H])c3c([2H])c([2H])c4c([2H])c([2H])c([2H])c5c([2H])c([2H])c2c3c45)c([2H])c1-c1c([2H])c([2H])c2c([2H])c([2H])c3c([2H])c([2H])c([2H])c4c([2H])c([2H])c1c2c34.[2H]c1c([2H])c2c([2H])c([2H])c3c([2H])c([2H])c(-c4ccc(-c5ccc6oc7ccc8ccccc8c7c6c5)c(-c5c([2H])c([2H])c6c([2H])c([2H])c7c([2H])c([2H])c([2H])c8c([2H])c([2H])c5c6c78)c4)c4c([2H])c([2H])c(c1[2H])c2c34. The van der Waals surface area contributed by atoms with Crippen LogP contribution in [-0.4, -0.2) is 0 Å². The fourth-order valence-electron chi connectivity index (χ4n) is 15.9. The summed E-state index contributed by atoms with van der Waals surface area (Å²) >= 11 is 0. The summed E-state index contributed by atoms with van der Waals surface area (Å²) in [5, 5.41) is -6.28. The summed E-state index contributed by atoms with van der Waals surface area (Å²) in [4.78, 5) is 0. The van der Waals surface area contributed by atoms with Crippen molar-refractivity contribution in [3.63, 3.8) is 0 Å². The second-order valence-electron chi connectivity index (χ2n) is 26.5. The van der Waals surface area contributed by atoms with Gasteiger partial charge in [0.2, 0.25) is 0 Å². The molecule has 504 valence electrons. The highest BCUT2D eigenvalue weighted by molar-refractivity contribution is 6.31. The minimum absolute atomic E-state index is 0.0230. The Bertz CT molecular complexity index is 11400. The third kappa shape index (κ3) is 8.59. The van der Waals surface area contributed by atoms with Crippen LogP contribution in [0.15, 0.2) is 372 Å². The maximum absolute atomic E-state index is 10.5. The van der Waals surface area contributed by atoms with E-state index in [2.05, 4.69) is 0 Å². The van der Waals surface area contributed by atoms with E-state index >= 15 is 0 Å². The van der Waals surface area contributed by atoms with Gasteiger partial charge in [-0.05, 0) is 266 Å². The van der Waals surface area contributed by atoms with Crippen molar-refractivity contribution in [2.75, 3.05) is 0 Å². The van der Waals surface area contributed by atoms with Crippen molar-refractivity contribution in [3.05, 3.63) is 363 Å². The molecular formula is C108H60O2. The summed E-state index contributed by atoms with van der Waals surface area (Å²) in [5.74, 6) is 0. The van der Waals surface area contributed by atoms with Crippen molar-refractivity contribution in [3.8, 4) is 66.8 Å². The van der Waals surface area contributed by atoms with Gasteiger partial charge < -0.3 is 8.83 Å². The molecule has 0 saturated carbocycles. The molecule has 0 fully saturated rings. The summed E-state index contributed by atoms with van der Waals surface area (Å²) < 4.78 is 456. The Kier molecular flexibility index (Phi) is 6.24. The van der Waals surface area contributed by atoms with Gasteiger partial charge in [0.15, 0.2) is 0 Å². The van der Waals surface area contributed by atoms with Crippen molar-refractivity contribution in [1.29, 1.82) is 0 Å². The van der Waals surface area contributed by atoms with Gasteiger partial charge in [-0.2, -0.15) is 0 Å². The van der Waals surface area contributed by atoms with Crippen LogP contribution in [0.25, 0.3) is 261 Å². The van der Waals surface area contributed by atoms with E-state index in [0.717, 1.165) is 21.5 Å². The zero-order valence-electron chi connectivity index (χ0n) is 104. The summed E-state index contributed by atoms with van der Waals surface area (Å²) in [6, 6.07) is -14.6. The average molecular weight is 1440 g/mol. The first-order valence-electron chi connectivity index (χ1n) is 58.3. The van der Waals surface area contributed by atoms with E-state index in [1.54, 1.807) is 30.3 Å². The predicted molar refractivity (Wildman–Crippen MR) is 470 cm³/mol. The smallest absolute Gasteiger partial charge is 0.136 e.